The van der Waals surface area contributed by atoms with E-state index in [9.17, 15) is 4.79 Å². The van der Waals surface area contributed by atoms with Gasteiger partial charge in [-0.05, 0) is 50.2 Å². The van der Waals surface area contributed by atoms with Crippen molar-refractivity contribution >= 4 is 17.3 Å². The highest BCUT2D eigenvalue weighted by molar-refractivity contribution is 5.77. The van der Waals surface area contributed by atoms with Crippen molar-refractivity contribution < 1.29 is 9.53 Å². The molecule has 3 aliphatic heterocycles. The van der Waals surface area contributed by atoms with Gasteiger partial charge in [-0.15, -0.1) is 0 Å². The van der Waals surface area contributed by atoms with E-state index in [1.54, 1.807) is 18.1 Å². The Morgan fingerprint density at radius 3 is 2.18 bits per heavy atom. The van der Waals surface area contributed by atoms with Crippen LogP contribution in [0.5, 0.6) is 0 Å². The molecule has 1 aromatic heterocycles. The molecule has 2 unspecified atom stereocenters. The van der Waals surface area contributed by atoms with E-state index < -0.39 is 6.35 Å². The Balaban J connectivity index is 1.14. The summed E-state index contributed by atoms with van der Waals surface area (Å²) in [6.07, 6.45) is 5.12. The minimum Gasteiger partial charge on any atom is -0.371 e. The number of ether oxygens (including phenoxy) is 1. The van der Waals surface area contributed by atoms with Gasteiger partial charge in [-0.25, -0.2) is 9.97 Å². The largest absolute Gasteiger partial charge is 0.371 e. The fourth-order valence-corrected chi connectivity index (χ4v) is 4.99. The predicted molar refractivity (Wildman–Crippen MR) is 132 cm³/mol. The lowest BCUT2D eigenvalue weighted by molar-refractivity contribution is -0.167. The van der Waals surface area contributed by atoms with Gasteiger partial charge in [-0.1, -0.05) is 0 Å². The lowest BCUT2D eigenvalue weighted by Gasteiger charge is -2.41. The van der Waals surface area contributed by atoms with E-state index in [-0.39, 0.29) is 18.1 Å². The predicted octanol–water partition coefficient (Wildman–Crippen LogP) is 1.69. The van der Waals surface area contributed by atoms with Crippen LogP contribution in [0.15, 0.2) is 42.9 Å². The van der Waals surface area contributed by atoms with Gasteiger partial charge in [0.25, 0.3) is 0 Å². The molecule has 4 heterocycles. The third-order valence-corrected chi connectivity index (χ3v) is 7.28. The number of amides is 1. The Morgan fingerprint density at radius 1 is 0.912 bits per heavy atom. The fraction of sp³-hybridized carbons (Fsp3) is 0.560. The van der Waals surface area contributed by atoms with E-state index in [2.05, 4.69) is 61.3 Å². The Kier molecular flexibility index (Phi) is 6.94. The average molecular weight is 466 g/mol. The zero-order valence-electron chi connectivity index (χ0n) is 20.1. The molecule has 5 rings (SSSR count). The molecule has 2 aromatic rings. The van der Waals surface area contributed by atoms with E-state index in [1.165, 1.54) is 17.7 Å². The molecule has 182 valence electrons. The maximum atomic E-state index is 12.6. The number of carbonyl (C=O) groups excluding carboxylic acids is 1. The standard InChI is InChI=1S/C25H35N7O2/c1-29-13-15-32(16-14-29)20-5-3-19(4-6-20)31-11-8-21(9-12-31)34-25-28-23(17-24(33)30(25)2)22-7-10-26-18-27-22/h3-7,10,18,21,23,25,28H,8-9,11-17H2,1-2H3. The number of aromatic nitrogens is 2. The molecule has 9 nitrogen and oxygen atoms in total. The van der Waals surface area contributed by atoms with Gasteiger partial charge >= 0.3 is 0 Å². The second-order valence-corrected chi connectivity index (χ2v) is 9.54. The molecule has 34 heavy (non-hydrogen) atoms. The quantitative estimate of drug-likeness (QED) is 0.715. The van der Waals surface area contributed by atoms with Crippen molar-refractivity contribution in [3.8, 4) is 0 Å². The molecule has 0 bridgehead atoms. The van der Waals surface area contributed by atoms with Crippen LogP contribution in [0.2, 0.25) is 0 Å². The topological polar surface area (TPSA) is 77.1 Å². The monoisotopic (exact) mass is 465 g/mol. The van der Waals surface area contributed by atoms with Gasteiger partial charge in [0.05, 0.1) is 17.8 Å². The highest BCUT2D eigenvalue weighted by Gasteiger charge is 2.35. The minimum atomic E-state index is -0.444. The molecule has 0 spiro atoms. The van der Waals surface area contributed by atoms with Crippen LogP contribution in [0.3, 0.4) is 0 Å². The second kappa shape index (κ2) is 10.2. The van der Waals surface area contributed by atoms with Crippen LogP contribution in [0.25, 0.3) is 0 Å². The van der Waals surface area contributed by atoms with Crippen molar-refractivity contribution in [1.29, 1.82) is 0 Å². The maximum absolute atomic E-state index is 12.6. The summed E-state index contributed by atoms with van der Waals surface area (Å²) < 4.78 is 6.37. The summed E-state index contributed by atoms with van der Waals surface area (Å²) in [6.45, 7) is 6.29. The third-order valence-electron chi connectivity index (χ3n) is 7.28. The summed E-state index contributed by atoms with van der Waals surface area (Å²) in [5, 5.41) is 3.45. The highest BCUT2D eigenvalue weighted by Crippen LogP contribution is 2.27. The normalized spacial score (nSPS) is 25.1. The van der Waals surface area contributed by atoms with Crippen LogP contribution in [-0.2, 0) is 9.53 Å². The Bertz CT molecular complexity index is 941. The van der Waals surface area contributed by atoms with Gasteiger partial charge < -0.3 is 24.3 Å². The van der Waals surface area contributed by atoms with Crippen molar-refractivity contribution in [1.82, 2.24) is 25.1 Å². The highest BCUT2D eigenvalue weighted by atomic mass is 16.5. The summed E-state index contributed by atoms with van der Waals surface area (Å²) >= 11 is 0. The number of anilines is 2. The summed E-state index contributed by atoms with van der Waals surface area (Å²) in [5.41, 5.74) is 3.40. The number of piperazine rings is 1. The van der Waals surface area contributed by atoms with Crippen LogP contribution in [0.4, 0.5) is 11.4 Å². The van der Waals surface area contributed by atoms with E-state index >= 15 is 0 Å². The van der Waals surface area contributed by atoms with E-state index in [1.807, 2.05) is 6.07 Å². The lowest BCUT2D eigenvalue weighted by Crippen LogP contribution is -2.56. The van der Waals surface area contributed by atoms with Crippen molar-refractivity contribution in [3.05, 3.63) is 48.5 Å². The summed E-state index contributed by atoms with van der Waals surface area (Å²) in [6, 6.07) is 10.7. The second-order valence-electron chi connectivity index (χ2n) is 9.54. The smallest absolute Gasteiger partial charge is 0.227 e. The van der Waals surface area contributed by atoms with Crippen LogP contribution >= 0.6 is 0 Å². The number of carbonyl (C=O) groups is 1. The molecule has 1 amide bonds. The maximum Gasteiger partial charge on any atom is 0.227 e. The number of hydrogen-bond donors (Lipinski definition) is 1. The van der Waals surface area contributed by atoms with Gasteiger partial charge in [0.1, 0.15) is 6.33 Å². The minimum absolute atomic E-state index is 0.0604. The van der Waals surface area contributed by atoms with Crippen molar-refractivity contribution in [2.24, 2.45) is 0 Å². The average Bonchev–Trinajstić information content (AvgIpc) is 2.88. The molecule has 0 radical (unpaired) electrons. The molecule has 1 N–H and O–H groups in total. The summed E-state index contributed by atoms with van der Waals surface area (Å²) in [5.74, 6) is 0.0604. The van der Waals surface area contributed by atoms with Crippen LogP contribution < -0.4 is 15.1 Å². The molecule has 3 saturated heterocycles. The molecule has 2 atom stereocenters. The van der Waals surface area contributed by atoms with Crippen LogP contribution in [0.1, 0.15) is 31.0 Å². The number of hydrogen-bond acceptors (Lipinski definition) is 8. The van der Waals surface area contributed by atoms with Gasteiger partial charge in [-0.3, -0.25) is 10.1 Å². The first-order valence-corrected chi connectivity index (χ1v) is 12.3. The number of benzene rings is 1. The zero-order valence-corrected chi connectivity index (χ0v) is 20.1. The zero-order chi connectivity index (χ0) is 23.5. The molecule has 9 heteroatoms. The van der Waals surface area contributed by atoms with Crippen LogP contribution in [0, 0.1) is 0 Å². The number of nitrogens with one attached hydrogen (secondary N) is 1. The SMILES string of the molecule is CN1CCN(c2ccc(N3CCC(OC4NC(c5ccncn5)CC(=O)N4C)CC3)cc2)CC1. The van der Waals surface area contributed by atoms with E-state index in [4.69, 9.17) is 4.74 Å². The van der Waals surface area contributed by atoms with Crippen molar-refractivity contribution in [2.75, 3.05) is 63.2 Å². The first-order chi connectivity index (χ1) is 16.6. The van der Waals surface area contributed by atoms with Crippen molar-refractivity contribution in [2.45, 2.75) is 37.8 Å². The first kappa shape index (κ1) is 23.0. The molecular formula is C25H35N7O2. The molecular weight excluding hydrogens is 430 g/mol. The third kappa shape index (κ3) is 5.16. The van der Waals surface area contributed by atoms with Gasteiger partial charge in [0.15, 0.2) is 6.35 Å². The first-order valence-electron chi connectivity index (χ1n) is 12.3. The van der Waals surface area contributed by atoms with E-state index in [0.717, 1.165) is 57.8 Å². The number of rotatable bonds is 5. The lowest BCUT2D eigenvalue weighted by atomic mass is 10.1. The molecule has 1 aromatic carbocycles. The van der Waals surface area contributed by atoms with E-state index in [0.29, 0.717) is 6.42 Å². The Morgan fingerprint density at radius 2 is 1.56 bits per heavy atom. The molecule has 3 fully saturated rings. The Labute approximate surface area is 201 Å². The molecule has 3 aliphatic rings. The molecule has 0 aliphatic carbocycles. The fourth-order valence-electron chi connectivity index (χ4n) is 4.99. The van der Waals surface area contributed by atoms with Gasteiger partial charge in [-0.2, -0.15) is 0 Å². The number of nitrogens with zero attached hydrogens (tertiary/aromatic N) is 6. The van der Waals surface area contributed by atoms with Crippen molar-refractivity contribution in [3.63, 3.8) is 0 Å². The Hall–Kier alpha value is -2.75. The van der Waals surface area contributed by atoms with Gasteiger partial charge in [0.2, 0.25) is 5.91 Å². The summed E-state index contributed by atoms with van der Waals surface area (Å²) in [4.78, 5) is 29.8. The summed E-state index contributed by atoms with van der Waals surface area (Å²) in [7, 11) is 3.98. The number of piperidine rings is 1. The van der Waals surface area contributed by atoms with Gasteiger partial charge in [0, 0.05) is 70.3 Å². The number of likely N-dealkylation sites (N-methyl/N-ethyl adjacent to an activating group) is 1. The van der Waals surface area contributed by atoms with Crippen LogP contribution in [-0.4, -0.2) is 91.5 Å². The molecule has 0 saturated carbocycles.